The molecule has 0 saturated heterocycles. The number of aliphatic hydroxyl groups is 1. The van der Waals surface area contributed by atoms with Crippen LogP contribution in [0, 0.1) is 0 Å². The number of nitrogens with one attached hydrogen (secondary N) is 1. The molecule has 1 atom stereocenters. The highest BCUT2D eigenvalue weighted by Crippen LogP contribution is 2.22. The van der Waals surface area contributed by atoms with Gasteiger partial charge in [-0.2, -0.15) is 0 Å². The third kappa shape index (κ3) is 2.21. The highest BCUT2D eigenvalue weighted by Gasteiger charge is 2.09. The van der Waals surface area contributed by atoms with E-state index >= 15 is 0 Å². The second kappa shape index (κ2) is 4.79. The average Bonchev–Trinajstić information content (AvgIpc) is 2.90. The van der Waals surface area contributed by atoms with Crippen LogP contribution < -0.4 is 5.73 Å². The molecule has 0 aliphatic rings. The first kappa shape index (κ1) is 11.8. The zero-order valence-corrected chi connectivity index (χ0v) is 10.2. The van der Waals surface area contributed by atoms with Gasteiger partial charge in [-0.1, -0.05) is 6.07 Å². The van der Waals surface area contributed by atoms with E-state index in [-0.39, 0.29) is 6.54 Å². The number of pyridine rings is 1. The molecule has 19 heavy (non-hydrogen) atoms. The lowest BCUT2D eigenvalue weighted by atomic mass is 10.1. The van der Waals surface area contributed by atoms with Crippen LogP contribution in [0.5, 0.6) is 0 Å². The zero-order chi connectivity index (χ0) is 13.2. The largest absolute Gasteiger partial charge is 0.387 e. The van der Waals surface area contributed by atoms with Crippen LogP contribution in [-0.2, 0) is 0 Å². The Kier molecular flexibility index (Phi) is 2.98. The molecule has 0 spiro atoms. The number of hydrogen-bond acceptors (Lipinski definition) is 4. The smallest absolute Gasteiger partial charge is 0.140 e. The third-order valence-corrected chi connectivity index (χ3v) is 3.05. The van der Waals surface area contributed by atoms with Gasteiger partial charge in [0.2, 0.25) is 0 Å². The normalized spacial score (nSPS) is 12.7. The summed E-state index contributed by atoms with van der Waals surface area (Å²) in [4.78, 5) is 11.8. The van der Waals surface area contributed by atoms with Crippen molar-refractivity contribution in [2.75, 3.05) is 6.54 Å². The Hall–Kier alpha value is -2.24. The van der Waals surface area contributed by atoms with E-state index in [9.17, 15) is 5.11 Å². The number of aromatic nitrogens is 3. The number of rotatable bonds is 3. The number of imidazole rings is 1. The van der Waals surface area contributed by atoms with E-state index < -0.39 is 6.10 Å². The average molecular weight is 254 g/mol. The molecule has 5 heteroatoms. The predicted molar refractivity (Wildman–Crippen MR) is 73.3 cm³/mol. The SMILES string of the molecule is NCC(O)c1ccc2nc(-c3cccnc3)[nH]c2c1. The van der Waals surface area contributed by atoms with Gasteiger partial charge in [-0.25, -0.2) is 4.98 Å². The first-order valence-corrected chi connectivity index (χ1v) is 6.06. The summed E-state index contributed by atoms with van der Waals surface area (Å²) in [5.41, 5.74) is 8.91. The molecule has 1 unspecified atom stereocenters. The van der Waals surface area contributed by atoms with E-state index in [4.69, 9.17) is 5.73 Å². The zero-order valence-electron chi connectivity index (χ0n) is 10.2. The molecule has 0 amide bonds. The summed E-state index contributed by atoms with van der Waals surface area (Å²) in [7, 11) is 0. The van der Waals surface area contributed by atoms with Crippen LogP contribution in [0.15, 0.2) is 42.7 Å². The molecule has 0 aliphatic heterocycles. The number of aliphatic hydroxyl groups excluding tert-OH is 1. The van der Waals surface area contributed by atoms with E-state index in [2.05, 4.69) is 15.0 Å². The summed E-state index contributed by atoms with van der Waals surface area (Å²) in [5, 5.41) is 9.74. The van der Waals surface area contributed by atoms with E-state index in [0.717, 1.165) is 28.0 Å². The summed E-state index contributed by atoms with van der Waals surface area (Å²) < 4.78 is 0. The Balaban J connectivity index is 2.06. The fourth-order valence-corrected chi connectivity index (χ4v) is 2.01. The quantitative estimate of drug-likeness (QED) is 0.662. The van der Waals surface area contributed by atoms with Gasteiger partial charge in [0.1, 0.15) is 5.82 Å². The fraction of sp³-hybridized carbons (Fsp3) is 0.143. The third-order valence-electron chi connectivity index (χ3n) is 3.05. The minimum Gasteiger partial charge on any atom is -0.387 e. The van der Waals surface area contributed by atoms with Gasteiger partial charge in [-0.05, 0) is 29.8 Å². The number of nitrogens with two attached hydrogens (primary N) is 1. The van der Waals surface area contributed by atoms with Crippen LogP contribution >= 0.6 is 0 Å². The van der Waals surface area contributed by atoms with Gasteiger partial charge >= 0.3 is 0 Å². The van der Waals surface area contributed by atoms with Gasteiger partial charge in [-0.3, -0.25) is 4.98 Å². The van der Waals surface area contributed by atoms with Gasteiger partial charge in [0.25, 0.3) is 0 Å². The van der Waals surface area contributed by atoms with Crippen molar-refractivity contribution in [1.29, 1.82) is 0 Å². The Morgan fingerprint density at radius 3 is 2.95 bits per heavy atom. The monoisotopic (exact) mass is 254 g/mol. The first-order chi connectivity index (χ1) is 9.28. The Morgan fingerprint density at radius 1 is 1.32 bits per heavy atom. The van der Waals surface area contributed by atoms with Crippen LogP contribution in [-0.4, -0.2) is 26.6 Å². The van der Waals surface area contributed by atoms with Crippen LogP contribution in [0.1, 0.15) is 11.7 Å². The number of hydrogen-bond donors (Lipinski definition) is 3. The highest BCUT2D eigenvalue weighted by molar-refractivity contribution is 5.80. The Morgan fingerprint density at radius 2 is 2.21 bits per heavy atom. The van der Waals surface area contributed by atoms with Crippen molar-refractivity contribution >= 4 is 11.0 Å². The summed E-state index contributed by atoms with van der Waals surface area (Å²) in [6.07, 6.45) is 2.84. The lowest BCUT2D eigenvalue weighted by Crippen LogP contribution is -2.11. The van der Waals surface area contributed by atoms with E-state index in [1.807, 2.05) is 30.3 Å². The summed E-state index contributed by atoms with van der Waals surface area (Å²) in [6.45, 7) is 0.203. The molecule has 3 aromatic rings. The number of fused-ring (bicyclic) bond motifs is 1. The van der Waals surface area contributed by atoms with Gasteiger partial charge in [0.15, 0.2) is 0 Å². The summed E-state index contributed by atoms with van der Waals surface area (Å²) in [5.74, 6) is 0.766. The first-order valence-electron chi connectivity index (χ1n) is 6.06. The van der Waals surface area contributed by atoms with Crippen LogP contribution in [0.4, 0.5) is 0 Å². The van der Waals surface area contributed by atoms with Crippen molar-refractivity contribution in [2.45, 2.75) is 6.10 Å². The molecule has 96 valence electrons. The number of nitrogens with zero attached hydrogens (tertiary/aromatic N) is 2. The molecule has 2 aromatic heterocycles. The molecule has 0 fully saturated rings. The lowest BCUT2D eigenvalue weighted by Gasteiger charge is -2.06. The topological polar surface area (TPSA) is 87.8 Å². The molecular weight excluding hydrogens is 240 g/mol. The molecule has 0 bridgehead atoms. The van der Waals surface area contributed by atoms with Crippen LogP contribution in [0.25, 0.3) is 22.4 Å². The van der Waals surface area contributed by atoms with Crippen molar-refractivity contribution in [3.8, 4) is 11.4 Å². The number of benzene rings is 1. The Labute approximate surface area is 110 Å². The molecule has 0 aliphatic carbocycles. The molecule has 2 heterocycles. The van der Waals surface area contributed by atoms with Crippen molar-refractivity contribution < 1.29 is 5.11 Å². The maximum atomic E-state index is 9.74. The minimum atomic E-state index is -0.644. The van der Waals surface area contributed by atoms with Gasteiger partial charge in [0.05, 0.1) is 17.1 Å². The van der Waals surface area contributed by atoms with Crippen LogP contribution in [0.2, 0.25) is 0 Å². The predicted octanol–water partition coefficient (Wildman–Crippen LogP) is 1.62. The molecule has 0 saturated carbocycles. The van der Waals surface area contributed by atoms with E-state index in [1.165, 1.54) is 0 Å². The van der Waals surface area contributed by atoms with Crippen molar-refractivity contribution in [3.63, 3.8) is 0 Å². The van der Waals surface area contributed by atoms with Crippen molar-refractivity contribution in [2.24, 2.45) is 5.73 Å². The number of aromatic amines is 1. The molecule has 1 aromatic carbocycles. The second-order valence-corrected chi connectivity index (χ2v) is 4.36. The highest BCUT2D eigenvalue weighted by atomic mass is 16.3. The molecule has 4 N–H and O–H groups in total. The molecule has 5 nitrogen and oxygen atoms in total. The maximum absolute atomic E-state index is 9.74. The van der Waals surface area contributed by atoms with Gasteiger partial charge in [-0.15, -0.1) is 0 Å². The van der Waals surface area contributed by atoms with E-state index in [0.29, 0.717) is 0 Å². The fourth-order valence-electron chi connectivity index (χ4n) is 2.01. The molecule has 0 radical (unpaired) electrons. The van der Waals surface area contributed by atoms with Gasteiger partial charge in [0, 0.05) is 24.5 Å². The second-order valence-electron chi connectivity index (χ2n) is 4.36. The molecule has 3 rings (SSSR count). The van der Waals surface area contributed by atoms with E-state index in [1.54, 1.807) is 12.4 Å². The lowest BCUT2D eigenvalue weighted by molar-refractivity contribution is 0.187. The maximum Gasteiger partial charge on any atom is 0.140 e. The molecular formula is C14H14N4O. The standard InChI is InChI=1S/C14H14N4O/c15-7-13(19)9-3-4-11-12(6-9)18-14(17-11)10-2-1-5-16-8-10/h1-6,8,13,19H,7,15H2,(H,17,18). The van der Waals surface area contributed by atoms with Crippen molar-refractivity contribution in [1.82, 2.24) is 15.0 Å². The van der Waals surface area contributed by atoms with Gasteiger partial charge < -0.3 is 15.8 Å². The summed E-state index contributed by atoms with van der Waals surface area (Å²) in [6, 6.07) is 9.40. The summed E-state index contributed by atoms with van der Waals surface area (Å²) >= 11 is 0. The Bertz CT molecular complexity index is 693. The minimum absolute atomic E-state index is 0.203. The number of H-pyrrole nitrogens is 1. The van der Waals surface area contributed by atoms with Crippen molar-refractivity contribution in [3.05, 3.63) is 48.3 Å². The van der Waals surface area contributed by atoms with Crippen LogP contribution in [0.3, 0.4) is 0 Å².